The zero-order valence-corrected chi connectivity index (χ0v) is 19.7. The number of fused-ring (bicyclic) bond motifs is 1. The van der Waals surface area contributed by atoms with Gasteiger partial charge in [0.15, 0.2) is 5.82 Å². The summed E-state index contributed by atoms with van der Waals surface area (Å²) in [5.74, 6) is 0.527. The van der Waals surface area contributed by atoms with Crippen LogP contribution in [0.2, 0.25) is 0 Å². The van der Waals surface area contributed by atoms with Crippen molar-refractivity contribution in [2.24, 2.45) is 11.4 Å². The number of aromatic nitrogens is 3. The van der Waals surface area contributed by atoms with Crippen molar-refractivity contribution in [2.45, 2.75) is 53.2 Å². The first kappa shape index (κ1) is 21.7. The fraction of sp³-hybridized carbons (Fsp3) is 0.429. The van der Waals surface area contributed by atoms with E-state index < -0.39 is 16.1 Å². The smallest absolute Gasteiger partial charge is 0.261 e. The maximum atomic E-state index is 13.1. The van der Waals surface area contributed by atoms with Crippen molar-refractivity contribution in [3.63, 3.8) is 0 Å². The number of nitrogens with zero attached hydrogens (tertiary/aromatic N) is 4. The molecule has 2 heterocycles. The van der Waals surface area contributed by atoms with Crippen molar-refractivity contribution in [2.75, 3.05) is 0 Å². The Hall–Kier alpha value is -2.03. The Labute approximate surface area is 178 Å². The van der Waals surface area contributed by atoms with Crippen LogP contribution in [0.25, 0.3) is 22.4 Å². The lowest BCUT2D eigenvalue weighted by Crippen LogP contribution is -2.27. The predicted octanol–water partition coefficient (Wildman–Crippen LogP) is 4.25. The third-order valence-electron chi connectivity index (χ3n) is 4.57. The molecule has 1 atom stereocenters. The van der Waals surface area contributed by atoms with E-state index in [0.29, 0.717) is 28.1 Å². The van der Waals surface area contributed by atoms with Gasteiger partial charge in [-0.3, -0.25) is 9.36 Å². The maximum absolute atomic E-state index is 13.1. The van der Waals surface area contributed by atoms with Crippen LogP contribution >= 0.6 is 11.3 Å². The largest absolute Gasteiger partial charge is 0.591 e. The minimum atomic E-state index is -1.40. The molecule has 3 aromatic rings. The van der Waals surface area contributed by atoms with Crippen LogP contribution in [-0.2, 0) is 18.4 Å². The van der Waals surface area contributed by atoms with Crippen LogP contribution in [0, 0.1) is 20.8 Å². The molecule has 0 fully saturated rings. The molecule has 0 N–H and O–H groups in total. The second-order valence-corrected chi connectivity index (χ2v) is 11.5. The Morgan fingerprint density at radius 3 is 2.41 bits per heavy atom. The predicted molar refractivity (Wildman–Crippen MR) is 122 cm³/mol. The van der Waals surface area contributed by atoms with Gasteiger partial charge in [-0.2, -0.15) is 0 Å². The average molecular weight is 431 g/mol. The van der Waals surface area contributed by atoms with Crippen molar-refractivity contribution >= 4 is 39.3 Å². The van der Waals surface area contributed by atoms with Gasteiger partial charge in [-0.05, 0) is 66.2 Å². The summed E-state index contributed by atoms with van der Waals surface area (Å²) in [5.41, 5.74) is 3.39. The summed E-state index contributed by atoms with van der Waals surface area (Å²) in [5, 5.41) is 1.45. The summed E-state index contributed by atoms with van der Waals surface area (Å²) in [6.07, 6.45) is 0. The van der Waals surface area contributed by atoms with Crippen LogP contribution < -0.4 is 5.56 Å². The number of thiazole rings is 1. The van der Waals surface area contributed by atoms with Crippen molar-refractivity contribution in [3.8, 4) is 11.5 Å². The molecule has 0 aliphatic heterocycles. The number of benzene rings is 1. The van der Waals surface area contributed by atoms with E-state index in [9.17, 15) is 9.35 Å². The highest BCUT2D eigenvalue weighted by Gasteiger charge is 2.27. The highest BCUT2D eigenvalue weighted by molar-refractivity contribution is 7.91. The fourth-order valence-corrected chi connectivity index (χ4v) is 4.49. The van der Waals surface area contributed by atoms with Gasteiger partial charge in [0.05, 0.1) is 21.6 Å². The molecule has 0 spiro atoms. The molecule has 0 aliphatic rings. The minimum Gasteiger partial charge on any atom is -0.591 e. The second-order valence-electron chi connectivity index (χ2n) is 8.18. The van der Waals surface area contributed by atoms with Crippen LogP contribution in [0.5, 0.6) is 0 Å². The van der Waals surface area contributed by atoms with E-state index >= 15 is 0 Å². The lowest BCUT2D eigenvalue weighted by atomic mass is 10.0. The standard InChI is InChI=1S/C21H26N4O2S2/c1-11-9-15(12(2)24-29(27)21(5,6)7)18-16(10-11)20(26)25(8)19(23-18)17-13(3)28-14(4)22-17/h9-10H,1-8H3/b24-12-/t29-/m1/s1. The van der Waals surface area contributed by atoms with Gasteiger partial charge in [0.2, 0.25) is 0 Å². The Kier molecular flexibility index (Phi) is 5.73. The lowest BCUT2D eigenvalue weighted by molar-refractivity contribution is 0.561. The highest BCUT2D eigenvalue weighted by atomic mass is 32.2. The Bertz CT molecular complexity index is 1190. The van der Waals surface area contributed by atoms with E-state index in [2.05, 4.69) is 9.38 Å². The van der Waals surface area contributed by atoms with Crippen molar-refractivity contribution in [1.82, 2.24) is 14.5 Å². The third-order valence-corrected chi connectivity index (χ3v) is 6.95. The van der Waals surface area contributed by atoms with E-state index in [-0.39, 0.29) is 5.56 Å². The van der Waals surface area contributed by atoms with Gasteiger partial charge in [-0.25, -0.2) is 9.97 Å². The maximum Gasteiger partial charge on any atom is 0.261 e. The quantitative estimate of drug-likeness (QED) is 0.459. The molecule has 29 heavy (non-hydrogen) atoms. The van der Waals surface area contributed by atoms with Crippen LogP contribution in [-0.4, -0.2) is 29.5 Å². The summed E-state index contributed by atoms with van der Waals surface area (Å²) >= 11 is 0.175. The van der Waals surface area contributed by atoms with Crippen LogP contribution in [0.4, 0.5) is 0 Å². The van der Waals surface area contributed by atoms with E-state index in [4.69, 9.17) is 4.98 Å². The molecule has 6 nitrogen and oxygen atoms in total. The molecule has 2 aromatic heterocycles. The monoisotopic (exact) mass is 430 g/mol. The summed E-state index contributed by atoms with van der Waals surface area (Å²) in [7, 11) is 1.72. The first-order chi connectivity index (χ1) is 13.4. The van der Waals surface area contributed by atoms with Crippen LogP contribution in [0.1, 0.15) is 48.7 Å². The van der Waals surface area contributed by atoms with E-state index in [1.54, 1.807) is 23.0 Å². The Balaban J connectivity index is 2.34. The molecule has 0 saturated carbocycles. The third kappa shape index (κ3) is 4.15. The first-order valence-corrected chi connectivity index (χ1v) is 11.3. The molecular formula is C21H26N4O2S2. The molecule has 0 bridgehead atoms. The highest BCUT2D eigenvalue weighted by Crippen LogP contribution is 2.28. The number of hydrogen-bond donors (Lipinski definition) is 0. The van der Waals surface area contributed by atoms with Crippen LogP contribution in [0.3, 0.4) is 0 Å². The van der Waals surface area contributed by atoms with Gasteiger partial charge in [-0.15, -0.1) is 11.3 Å². The van der Waals surface area contributed by atoms with E-state index in [0.717, 1.165) is 21.0 Å². The zero-order valence-electron chi connectivity index (χ0n) is 18.1. The van der Waals surface area contributed by atoms with E-state index in [1.807, 2.05) is 60.6 Å². The summed E-state index contributed by atoms with van der Waals surface area (Å²) in [6.45, 7) is 13.3. The molecule has 0 amide bonds. The second kappa shape index (κ2) is 7.66. The molecule has 1 aromatic carbocycles. The molecular weight excluding hydrogens is 404 g/mol. The van der Waals surface area contributed by atoms with Gasteiger partial charge in [-0.1, -0.05) is 4.40 Å². The van der Waals surface area contributed by atoms with Crippen molar-refractivity contribution < 1.29 is 4.55 Å². The van der Waals surface area contributed by atoms with Gasteiger partial charge < -0.3 is 4.55 Å². The molecule has 154 valence electrons. The zero-order chi connectivity index (χ0) is 21.7. The lowest BCUT2D eigenvalue weighted by Gasteiger charge is -2.19. The molecule has 3 rings (SSSR count). The van der Waals surface area contributed by atoms with Gasteiger partial charge >= 0.3 is 0 Å². The molecule has 0 aliphatic carbocycles. The Morgan fingerprint density at radius 2 is 1.86 bits per heavy atom. The van der Waals surface area contributed by atoms with Gasteiger partial charge in [0, 0.05) is 17.5 Å². The minimum absolute atomic E-state index is 0.134. The molecule has 0 saturated heterocycles. The van der Waals surface area contributed by atoms with Crippen molar-refractivity contribution in [3.05, 3.63) is 43.5 Å². The van der Waals surface area contributed by atoms with Crippen LogP contribution in [0.15, 0.2) is 21.3 Å². The Morgan fingerprint density at radius 1 is 1.21 bits per heavy atom. The normalized spacial score (nSPS) is 13.9. The van der Waals surface area contributed by atoms with Gasteiger partial charge in [0.1, 0.15) is 21.8 Å². The molecule has 0 radical (unpaired) electrons. The van der Waals surface area contributed by atoms with E-state index in [1.165, 1.54) is 0 Å². The summed E-state index contributed by atoms with van der Waals surface area (Å²) in [4.78, 5) is 23.6. The number of hydrogen-bond acceptors (Lipinski definition) is 6. The number of rotatable bonds is 3. The topological polar surface area (TPSA) is 83.2 Å². The van der Waals surface area contributed by atoms with Crippen molar-refractivity contribution in [1.29, 1.82) is 0 Å². The fourth-order valence-electron chi connectivity index (χ4n) is 3.05. The molecule has 0 unspecified atom stereocenters. The average Bonchev–Trinajstić information content (AvgIpc) is 2.95. The molecule has 8 heteroatoms. The summed E-state index contributed by atoms with van der Waals surface area (Å²) < 4.78 is 18.0. The number of aryl methyl sites for hydroxylation is 3. The van der Waals surface area contributed by atoms with Gasteiger partial charge in [0.25, 0.3) is 5.56 Å². The SMILES string of the molecule is C/C(=N/[S@+]([O-])C(C)(C)C)c1cc(C)cc2c(=O)n(C)c(-c3nc(C)sc3C)nc12. The summed E-state index contributed by atoms with van der Waals surface area (Å²) in [6, 6.07) is 3.78. The first-order valence-electron chi connectivity index (χ1n) is 9.33.